The summed E-state index contributed by atoms with van der Waals surface area (Å²) in [5.41, 5.74) is -0.102. The van der Waals surface area contributed by atoms with Crippen molar-refractivity contribution in [2.75, 3.05) is 19.6 Å². The van der Waals surface area contributed by atoms with Gasteiger partial charge < -0.3 is 15.0 Å². The normalized spacial score (nSPS) is 20.3. The number of ether oxygens (including phenoxy) is 1. The molecule has 1 rings (SSSR count). The number of rotatable bonds is 4. The van der Waals surface area contributed by atoms with Crippen LogP contribution in [0.4, 0.5) is 4.79 Å². The lowest BCUT2D eigenvalue weighted by Gasteiger charge is -2.29. The summed E-state index contributed by atoms with van der Waals surface area (Å²) in [6.45, 7) is 15.2. The number of hydrogen-bond acceptors (Lipinski definition) is 3. The number of carbonyl (C=O) groups excluding carboxylic acids is 1. The zero-order chi connectivity index (χ0) is 15.4. The molecule has 1 aliphatic heterocycles. The number of carbonyl (C=O) groups is 1. The van der Waals surface area contributed by atoms with E-state index < -0.39 is 5.60 Å². The van der Waals surface area contributed by atoms with Gasteiger partial charge in [-0.3, -0.25) is 0 Å². The minimum absolute atomic E-state index is 0.157. The predicted molar refractivity (Wildman–Crippen MR) is 82.9 cm³/mol. The second kappa shape index (κ2) is 6.79. The SMILES string of the molecule is CC(C)(C)CNCCC1CCCN1C(=O)OC(C)(C)C. The molecule has 1 amide bonds. The Morgan fingerprint density at radius 1 is 1.25 bits per heavy atom. The lowest BCUT2D eigenvalue weighted by Crippen LogP contribution is -2.41. The maximum Gasteiger partial charge on any atom is 0.410 e. The highest BCUT2D eigenvalue weighted by Gasteiger charge is 2.31. The maximum atomic E-state index is 12.1. The van der Waals surface area contributed by atoms with Gasteiger partial charge in [-0.15, -0.1) is 0 Å². The molecule has 0 aliphatic carbocycles. The molecule has 1 fully saturated rings. The third-order valence-corrected chi connectivity index (χ3v) is 3.31. The summed E-state index contributed by atoms with van der Waals surface area (Å²) in [6, 6.07) is 0.331. The Morgan fingerprint density at radius 2 is 1.90 bits per heavy atom. The van der Waals surface area contributed by atoms with E-state index >= 15 is 0 Å². The van der Waals surface area contributed by atoms with Crippen molar-refractivity contribution >= 4 is 6.09 Å². The lowest BCUT2D eigenvalue weighted by molar-refractivity contribution is 0.0220. The molecule has 0 bridgehead atoms. The van der Waals surface area contributed by atoms with E-state index in [1.54, 1.807) is 0 Å². The maximum absolute atomic E-state index is 12.1. The number of hydrogen-bond donors (Lipinski definition) is 1. The zero-order valence-electron chi connectivity index (χ0n) is 14.1. The van der Waals surface area contributed by atoms with E-state index in [1.807, 2.05) is 25.7 Å². The van der Waals surface area contributed by atoms with E-state index in [0.29, 0.717) is 11.5 Å². The van der Waals surface area contributed by atoms with Crippen molar-refractivity contribution in [1.29, 1.82) is 0 Å². The molecular weight excluding hydrogens is 252 g/mol. The van der Waals surface area contributed by atoms with Crippen LogP contribution in [-0.4, -0.2) is 42.3 Å². The highest BCUT2D eigenvalue weighted by Crippen LogP contribution is 2.22. The molecule has 0 saturated carbocycles. The summed E-state index contributed by atoms with van der Waals surface area (Å²) in [7, 11) is 0. The summed E-state index contributed by atoms with van der Waals surface area (Å²) < 4.78 is 5.48. The second-order valence-electron chi connectivity index (χ2n) is 8.00. The van der Waals surface area contributed by atoms with Crippen molar-refractivity contribution in [2.45, 2.75) is 72.4 Å². The molecule has 1 N–H and O–H groups in total. The van der Waals surface area contributed by atoms with Gasteiger partial charge in [-0.25, -0.2) is 4.79 Å². The van der Waals surface area contributed by atoms with Crippen molar-refractivity contribution in [2.24, 2.45) is 5.41 Å². The van der Waals surface area contributed by atoms with Gasteiger partial charge in [0.25, 0.3) is 0 Å². The largest absolute Gasteiger partial charge is 0.444 e. The third kappa shape index (κ3) is 6.60. The van der Waals surface area contributed by atoms with E-state index in [1.165, 1.54) is 0 Å². The summed E-state index contributed by atoms with van der Waals surface area (Å²) in [4.78, 5) is 14.1. The van der Waals surface area contributed by atoms with E-state index in [9.17, 15) is 4.79 Å². The van der Waals surface area contributed by atoms with Gasteiger partial charge in [0.05, 0.1) is 0 Å². The van der Waals surface area contributed by atoms with Crippen LogP contribution in [-0.2, 0) is 4.74 Å². The number of likely N-dealkylation sites (tertiary alicyclic amines) is 1. The molecule has 0 spiro atoms. The van der Waals surface area contributed by atoms with Crippen LogP contribution in [0.5, 0.6) is 0 Å². The van der Waals surface area contributed by atoms with Gasteiger partial charge in [0.15, 0.2) is 0 Å². The second-order valence-corrected chi connectivity index (χ2v) is 8.00. The summed E-state index contributed by atoms with van der Waals surface area (Å²) in [5.74, 6) is 0. The van der Waals surface area contributed by atoms with Crippen molar-refractivity contribution < 1.29 is 9.53 Å². The lowest BCUT2D eigenvalue weighted by atomic mass is 9.97. The van der Waals surface area contributed by atoms with Gasteiger partial charge in [0, 0.05) is 12.6 Å². The molecule has 20 heavy (non-hydrogen) atoms. The van der Waals surface area contributed by atoms with Gasteiger partial charge in [-0.1, -0.05) is 20.8 Å². The van der Waals surface area contributed by atoms with E-state index in [0.717, 1.165) is 38.9 Å². The minimum atomic E-state index is -0.408. The molecule has 4 nitrogen and oxygen atoms in total. The van der Waals surface area contributed by atoms with Crippen LogP contribution >= 0.6 is 0 Å². The van der Waals surface area contributed by atoms with Crippen LogP contribution in [0.3, 0.4) is 0 Å². The van der Waals surface area contributed by atoms with Crippen LogP contribution in [0.2, 0.25) is 0 Å². The van der Waals surface area contributed by atoms with E-state index in [-0.39, 0.29) is 6.09 Å². The topological polar surface area (TPSA) is 41.6 Å². The number of nitrogens with zero attached hydrogens (tertiary/aromatic N) is 1. The first-order chi connectivity index (χ1) is 9.08. The fraction of sp³-hybridized carbons (Fsp3) is 0.938. The Hall–Kier alpha value is -0.770. The van der Waals surface area contributed by atoms with E-state index in [2.05, 4.69) is 26.1 Å². The van der Waals surface area contributed by atoms with Crippen molar-refractivity contribution in [1.82, 2.24) is 10.2 Å². The molecule has 1 unspecified atom stereocenters. The quantitative estimate of drug-likeness (QED) is 0.804. The van der Waals surface area contributed by atoms with Gasteiger partial charge >= 0.3 is 6.09 Å². The molecule has 118 valence electrons. The van der Waals surface area contributed by atoms with Crippen molar-refractivity contribution in [3.63, 3.8) is 0 Å². The highest BCUT2D eigenvalue weighted by atomic mass is 16.6. The smallest absolute Gasteiger partial charge is 0.410 e. The van der Waals surface area contributed by atoms with Gasteiger partial charge in [0.1, 0.15) is 5.60 Å². The van der Waals surface area contributed by atoms with Gasteiger partial charge in [-0.05, 0) is 58.5 Å². The molecule has 4 heteroatoms. The molecule has 1 heterocycles. The molecule has 0 radical (unpaired) electrons. The van der Waals surface area contributed by atoms with Crippen LogP contribution < -0.4 is 5.32 Å². The first-order valence-corrected chi connectivity index (χ1v) is 7.79. The monoisotopic (exact) mass is 284 g/mol. The summed E-state index contributed by atoms with van der Waals surface area (Å²) >= 11 is 0. The zero-order valence-corrected chi connectivity index (χ0v) is 14.1. The van der Waals surface area contributed by atoms with Crippen molar-refractivity contribution in [3.8, 4) is 0 Å². The van der Waals surface area contributed by atoms with Crippen LogP contribution in [0.25, 0.3) is 0 Å². The average molecular weight is 284 g/mol. The molecule has 1 atom stereocenters. The Balaban J connectivity index is 2.36. The fourth-order valence-corrected chi connectivity index (χ4v) is 2.43. The number of nitrogens with one attached hydrogen (secondary N) is 1. The Morgan fingerprint density at radius 3 is 2.45 bits per heavy atom. The summed E-state index contributed by atoms with van der Waals surface area (Å²) in [5, 5.41) is 3.48. The van der Waals surface area contributed by atoms with Crippen LogP contribution in [0.1, 0.15) is 60.8 Å². The predicted octanol–water partition coefficient (Wildman–Crippen LogP) is 3.41. The minimum Gasteiger partial charge on any atom is -0.444 e. The number of amides is 1. The third-order valence-electron chi connectivity index (χ3n) is 3.31. The molecule has 0 aromatic carbocycles. The first kappa shape index (κ1) is 17.3. The summed E-state index contributed by atoms with van der Waals surface area (Å²) in [6.07, 6.45) is 3.03. The highest BCUT2D eigenvalue weighted by molar-refractivity contribution is 5.68. The first-order valence-electron chi connectivity index (χ1n) is 7.79. The molecule has 1 aliphatic rings. The van der Waals surface area contributed by atoms with Crippen molar-refractivity contribution in [3.05, 3.63) is 0 Å². The average Bonchev–Trinajstić information content (AvgIpc) is 2.68. The van der Waals surface area contributed by atoms with E-state index in [4.69, 9.17) is 4.74 Å². The van der Waals surface area contributed by atoms with Gasteiger partial charge in [0.2, 0.25) is 0 Å². The molecular formula is C16H32N2O2. The Kier molecular flexibility index (Phi) is 5.87. The fourth-order valence-electron chi connectivity index (χ4n) is 2.43. The van der Waals surface area contributed by atoms with Crippen LogP contribution in [0.15, 0.2) is 0 Å². The van der Waals surface area contributed by atoms with Gasteiger partial charge in [-0.2, -0.15) is 0 Å². The molecule has 1 saturated heterocycles. The Labute approximate surface area is 124 Å². The standard InChI is InChI=1S/C16H32N2O2/c1-15(2,3)12-17-10-9-13-8-7-11-18(13)14(19)20-16(4,5)6/h13,17H,7-12H2,1-6H3. The Bertz CT molecular complexity index is 315. The molecule has 0 aromatic rings. The molecule has 0 aromatic heterocycles. The van der Waals surface area contributed by atoms with Crippen LogP contribution in [0, 0.1) is 5.41 Å².